The maximum atomic E-state index is 10.3. The second-order valence-electron chi connectivity index (χ2n) is 9.09. The number of rotatable bonds is 11. The summed E-state index contributed by atoms with van der Waals surface area (Å²) < 4.78 is 41.7. The van der Waals surface area contributed by atoms with Crippen molar-refractivity contribution >= 4 is 0 Å². The van der Waals surface area contributed by atoms with Crippen molar-refractivity contribution in [2.75, 3.05) is 34.5 Å². The summed E-state index contributed by atoms with van der Waals surface area (Å²) in [5, 5.41) is 10.3. The number of ether oxygens (including phenoxy) is 7. The summed E-state index contributed by atoms with van der Waals surface area (Å²) in [5.74, 6) is 5.59. The molecule has 2 heterocycles. The summed E-state index contributed by atoms with van der Waals surface area (Å²) in [5.41, 5.74) is 1.10. The van der Waals surface area contributed by atoms with Crippen molar-refractivity contribution in [2.24, 2.45) is 5.92 Å². The first kappa shape index (κ1) is 28.0. The molecule has 1 aromatic rings. The van der Waals surface area contributed by atoms with E-state index in [0.717, 1.165) is 5.56 Å². The molecular weight excluding hydrogens is 452 g/mol. The van der Waals surface area contributed by atoms with E-state index in [4.69, 9.17) is 33.2 Å². The van der Waals surface area contributed by atoms with E-state index >= 15 is 0 Å². The van der Waals surface area contributed by atoms with E-state index in [1.807, 2.05) is 30.3 Å². The molecule has 0 bridgehead atoms. The Balaban J connectivity index is 1.69. The lowest BCUT2D eigenvalue weighted by Crippen LogP contribution is -2.58. The number of benzene rings is 1. The largest absolute Gasteiger partial charge is 0.380 e. The molecule has 196 valence electrons. The summed E-state index contributed by atoms with van der Waals surface area (Å²) in [6.07, 6.45) is -2.03. The Hall–Kier alpha value is -1.54. The van der Waals surface area contributed by atoms with Crippen LogP contribution >= 0.6 is 0 Å². The van der Waals surface area contributed by atoms with Crippen molar-refractivity contribution in [1.82, 2.24) is 0 Å². The molecule has 2 aliphatic heterocycles. The molecule has 2 aliphatic rings. The molecule has 1 aromatic carbocycles. The van der Waals surface area contributed by atoms with E-state index in [9.17, 15) is 5.11 Å². The lowest BCUT2D eigenvalue weighted by molar-refractivity contribution is -0.309. The monoisotopic (exact) mass is 492 g/mol. The molecule has 0 aromatic heterocycles. The zero-order chi connectivity index (χ0) is 25.2. The second-order valence-corrected chi connectivity index (χ2v) is 9.09. The molecule has 0 spiro atoms. The molecule has 1 N–H and O–H groups in total. The Morgan fingerprint density at radius 2 is 1.80 bits per heavy atom. The number of aliphatic hydroxyl groups is 1. The Labute approximate surface area is 209 Å². The van der Waals surface area contributed by atoms with Crippen LogP contribution in [0.2, 0.25) is 0 Å². The van der Waals surface area contributed by atoms with Gasteiger partial charge in [-0.1, -0.05) is 43.2 Å². The molecule has 8 heteroatoms. The summed E-state index contributed by atoms with van der Waals surface area (Å²) in [7, 11) is 4.88. The van der Waals surface area contributed by atoms with Crippen LogP contribution in [0.3, 0.4) is 0 Å². The van der Waals surface area contributed by atoms with Crippen molar-refractivity contribution in [3.05, 3.63) is 35.9 Å². The van der Waals surface area contributed by atoms with Gasteiger partial charge < -0.3 is 38.3 Å². The van der Waals surface area contributed by atoms with E-state index < -0.39 is 18.5 Å². The van der Waals surface area contributed by atoms with E-state index in [2.05, 4.69) is 18.8 Å². The fraction of sp³-hybridized carbons (Fsp3) is 0.704. The average Bonchev–Trinajstić information content (AvgIpc) is 2.86. The zero-order valence-corrected chi connectivity index (χ0v) is 21.4. The summed E-state index contributed by atoms with van der Waals surface area (Å²) in [4.78, 5) is 0. The van der Waals surface area contributed by atoms with Crippen LogP contribution in [0.4, 0.5) is 0 Å². The van der Waals surface area contributed by atoms with Crippen LogP contribution in [0, 0.1) is 17.8 Å². The SMILES string of the molecule is CC#C[C@H](O)C[C@@H]1C[C@H](O[C@@H]2OC[C@@H](OC)[C@H](OC)[C@H]2OC)[C@@H](C)[C@H](COCc2ccccc2)O1. The minimum absolute atomic E-state index is 0.0266. The molecule has 35 heavy (non-hydrogen) atoms. The Morgan fingerprint density at radius 1 is 1.06 bits per heavy atom. The molecule has 0 radical (unpaired) electrons. The first-order valence-corrected chi connectivity index (χ1v) is 12.2. The van der Waals surface area contributed by atoms with Crippen LogP contribution in [0.25, 0.3) is 0 Å². The van der Waals surface area contributed by atoms with Crippen molar-refractivity contribution in [3.8, 4) is 11.8 Å². The highest BCUT2D eigenvalue weighted by Gasteiger charge is 2.45. The highest BCUT2D eigenvalue weighted by Crippen LogP contribution is 2.33. The molecule has 9 atom stereocenters. The van der Waals surface area contributed by atoms with Gasteiger partial charge in [0.2, 0.25) is 0 Å². The number of aliphatic hydroxyl groups excluding tert-OH is 1. The summed E-state index contributed by atoms with van der Waals surface area (Å²) in [6.45, 7) is 5.06. The van der Waals surface area contributed by atoms with Gasteiger partial charge in [-0.05, 0) is 12.5 Å². The van der Waals surface area contributed by atoms with Gasteiger partial charge in [0.25, 0.3) is 0 Å². The topological polar surface area (TPSA) is 84.8 Å². The van der Waals surface area contributed by atoms with Crippen molar-refractivity contribution in [3.63, 3.8) is 0 Å². The maximum Gasteiger partial charge on any atom is 0.186 e. The van der Waals surface area contributed by atoms with Crippen LogP contribution in [-0.4, -0.2) is 88.7 Å². The maximum absolute atomic E-state index is 10.3. The minimum Gasteiger partial charge on any atom is -0.380 e. The zero-order valence-electron chi connectivity index (χ0n) is 21.4. The lowest BCUT2D eigenvalue weighted by atomic mass is 9.88. The highest BCUT2D eigenvalue weighted by atomic mass is 16.7. The highest BCUT2D eigenvalue weighted by molar-refractivity contribution is 5.13. The molecule has 0 saturated carbocycles. The van der Waals surface area contributed by atoms with Gasteiger partial charge in [0.05, 0.1) is 38.1 Å². The minimum atomic E-state index is -0.761. The smallest absolute Gasteiger partial charge is 0.186 e. The van der Waals surface area contributed by atoms with E-state index in [0.29, 0.717) is 32.7 Å². The normalized spacial score (nSPS) is 34.1. The van der Waals surface area contributed by atoms with Crippen molar-refractivity contribution in [2.45, 2.75) is 82.3 Å². The van der Waals surface area contributed by atoms with E-state index in [1.54, 1.807) is 28.3 Å². The third kappa shape index (κ3) is 7.72. The molecule has 0 aliphatic carbocycles. The van der Waals surface area contributed by atoms with E-state index in [1.165, 1.54) is 0 Å². The van der Waals surface area contributed by atoms with Crippen LogP contribution < -0.4 is 0 Å². The lowest BCUT2D eigenvalue weighted by Gasteiger charge is -2.45. The molecule has 2 saturated heterocycles. The van der Waals surface area contributed by atoms with Crippen LogP contribution in [0.1, 0.15) is 32.3 Å². The quantitative estimate of drug-likeness (QED) is 0.472. The van der Waals surface area contributed by atoms with Gasteiger partial charge in [-0.2, -0.15) is 0 Å². The molecule has 2 fully saturated rings. The number of hydrogen-bond acceptors (Lipinski definition) is 8. The standard InChI is InChI=1S/C27H40O8/c1-6-10-20(28)13-21-14-22(35-27-26(31-5)25(30-4)24(29-3)17-33-27)18(2)23(34-21)16-32-15-19-11-8-7-9-12-19/h7-9,11-12,18,20-28H,13-17H2,1-5H3/t18-,20+,21-,22+,23+,24-,25+,26-,27+/m1/s1. The summed E-state index contributed by atoms with van der Waals surface area (Å²) in [6, 6.07) is 10.0. The van der Waals surface area contributed by atoms with Gasteiger partial charge in [-0.3, -0.25) is 0 Å². The predicted octanol–water partition coefficient (Wildman–Crippen LogP) is 2.56. The fourth-order valence-electron chi connectivity index (χ4n) is 4.77. The number of hydrogen-bond donors (Lipinski definition) is 1. The van der Waals surface area contributed by atoms with Gasteiger partial charge in [-0.25, -0.2) is 0 Å². The average molecular weight is 493 g/mol. The van der Waals surface area contributed by atoms with Gasteiger partial charge in [-0.15, -0.1) is 5.92 Å². The third-order valence-electron chi connectivity index (χ3n) is 6.77. The van der Waals surface area contributed by atoms with Crippen LogP contribution in [-0.2, 0) is 39.8 Å². The van der Waals surface area contributed by atoms with Crippen molar-refractivity contribution in [1.29, 1.82) is 0 Å². The van der Waals surface area contributed by atoms with Gasteiger partial charge in [0.1, 0.15) is 24.4 Å². The third-order valence-corrected chi connectivity index (χ3v) is 6.77. The molecule has 8 nitrogen and oxygen atoms in total. The second kappa shape index (κ2) is 14.3. The molecule has 3 rings (SSSR count). The fourth-order valence-corrected chi connectivity index (χ4v) is 4.77. The molecular formula is C27H40O8. The van der Waals surface area contributed by atoms with Gasteiger partial charge in [0, 0.05) is 40.1 Å². The van der Waals surface area contributed by atoms with Crippen molar-refractivity contribution < 1.29 is 38.3 Å². The molecule has 0 amide bonds. The number of methoxy groups -OCH3 is 3. The summed E-state index contributed by atoms with van der Waals surface area (Å²) >= 11 is 0. The van der Waals surface area contributed by atoms with Crippen LogP contribution in [0.15, 0.2) is 30.3 Å². The molecule has 0 unspecified atom stereocenters. The van der Waals surface area contributed by atoms with Gasteiger partial charge >= 0.3 is 0 Å². The van der Waals surface area contributed by atoms with Crippen LogP contribution in [0.5, 0.6) is 0 Å². The Kier molecular flexibility index (Phi) is 11.4. The first-order valence-electron chi connectivity index (χ1n) is 12.2. The Bertz CT molecular complexity index is 793. The first-order chi connectivity index (χ1) is 17.0. The predicted molar refractivity (Wildman–Crippen MR) is 130 cm³/mol. The van der Waals surface area contributed by atoms with Gasteiger partial charge in [0.15, 0.2) is 6.29 Å². The van der Waals surface area contributed by atoms with E-state index in [-0.39, 0.29) is 36.4 Å². The Morgan fingerprint density at radius 3 is 2.46 bits per heavy atom.